The number of carbonyl (C=O) groups excluding carboxylic acids is 2. The maximum Gasteiger partial charge on any atom is 0.251 e. The zero-order chi connectivity index (χ0) is 14.8. The Labute approximate surface area is 121 Å². The molecule has 0 radical (unpaired) electrons. The maximum absolute atomic E-state index is 11.9. The molecule has 0 fully saturated rings. The number of hydrogen-bond acceptors (Lipinski definition) is 2. The predicted octanol–water partition coefficient (Wildman–Crippen LogP) is 2.42. The second-order valence-electron chi connectivity index (χ2n) is 4.91. The summed E-state index contributed by atoms with van der Waals surface area (Å²) in [7, 11) is 0. The van der Waals surface area contributed by atoms with Crippen molar-refractivity contribution < 1.29 is 9.59 Å². The van der Waals surface area contributed by atoms with E-state index in [2.05, 4.69) is 17.6 Å². The predicted molar refractivity (Wildman–Crippen MR) is 80.7 cm³/mol. The van der Waals surface area contributed by atoms with Gasteiger partial charge in [0.2, 0.25) is 5.91 Å². The van der Waals surface area contributed by atoms with Crippen LogP contribution in [0, 0.1) is 6.92 Å². The molecule has 0 aliphatic carbocycles. The Morgan fingerprint density at radius 1 is 1.05 bits per heavy atom. The van der Waals surface area contributed by atoms with Gasteiger partial charge >= 0.3 is 0 Å². The summed E-state index contributed by atoms with van der Waals surface area (Å²) in [6.07, 6.45) is 4.50. The van der Waals surface area contributed by atoms with Gasteiger partial charge in [0.15, 0.2) is 0 Å². The second-order valence-corrected chi connectivity index (χ2v) is 4.91. The zero-order valence-corrected chi connectivity index (χ0v) is 12.4. The Morgan fingerprint density at radius 3 is 2.50 bits per heavy atom. The number of hydrogen-bond donors (Lipinski definition) is 2. The standard InChI is InChI=1S/C16H24N2O2/c1-3-4-5-8-11-17-15(19)12-18-16(20)14-10-7-6-9-13(14)2/h6-7,9-10H,3-5,8,11-12H2,1-2H3,(H,17,19)(H,18,20). The molecular formula is C16H24N2O2. The van der Waals surface area contributed by atoms with Crippen molar-refractivity contribution in [3.63, 3.8) is 0 Å². The molecular weight excluding hydrogens is 252 g/mol. The lowest BCUT2D eigenvalue weighted by molar-refractivity contribution is -0.120. The van der Waals surface area contributed by atoms with Crippen molar-refractivity contribution in [2.75, 3.05) is 13.1 Å². The molecule has 110 valence electrons. The van der Waals surface area contributed by atoms with Crippen LogP contribution in [0.15, 0.2) is 24.3 Å². The van der Waals surface area contributed by atoms with Crippen LogP contribution in [0.5, 0.6) is 0 Å². The fourth-order valence-corrected chi connectivity index (χ4v) is 1.93. The van der Waals surface area contributed by atoms with Crippen LogP contribution in [0.3, 0.4) is 0 Å². The highest BCUT2D eigenvalue weighted by molar-refractivity contribution is 5.97. The van der Waals surface area contributed by atoms with Crippen LogP contribution < -0.4 is 10.6 Å². The first-order chi connectivity index (χ1) is 9.65. The first-order valence-corrected chi connectivity index (χ1v) is 7.25. The van der Waals surface area contributed by atoms with Crippen LogP contribution in [-0.4, -0.2) is 24.9 Å². The van der Waals surface area contributed by atoms with E-state index >= 15 is 0 Å². The van der Waals surface area contributed by atoms with E-state index in [0.717, 1.165) is 18.4 Å². The van der Waals surface area contributed by atoms with E-state index in [9.17, 15) is 9.59 Å². The first-order valence-electron chi connectivity index (χ1n) is 7.25. The molecule has 0 unspecified atom stereocenters. The first kappa shape index (κ1) is 16.2. The fraction of sp³-hybridized carbons (Fsp3) is 0.500. The van der Waals surface area contributed by atoms with Gasteiger partial charge in [-0.1, -0.05) is 44.4 Å². The molecule has 0 atom stereocenters. The van der Waals surface area contributed by atoms with Gasteiger partial charge < -0.3 is 10.6 Å². The lowest BCUT2D eigenvalue weighted by atomic mass is 10.1. The van der Waals surface area contributed by atoms with Gasteiger partial charge in [0.05, 0.1) is 6.54 Å². The third kappa shape index (κ3) is 5.87. The highest BCUT2D eigenvalue weighted by Crippen LogP contribution is 2.06. The van der Waals surface area contributed by atoms with Gasteiger partial charge in [0, 0.05) is 12.1 Å². The van der Waals surface area contributed by atoms with E-state index in [-0.39, 0.29) is 18.4 Å². The quantitative estimate of drug-likeness (QED) is 0.716. The van der Waals surface area contributed by atoms with Crippen molar-refractivity contribution in [2.24, 2.45) is 0 Å². The number of rotatable bonds is 8. The molecule has 0 saturated heterocycles. The van der Waals surface area contributed by atoms with Crippen molar-refractivity contribution in [3.8, 4) is 0 Å². The van der Waals surface area contributed by atoms with Crippen molar-refractivity contribution >= 4 is 11.8 Å². The average molecular weight is 276 g/mol. The summed E-state index contributed by atoms with van der Waals surface area (Å²) in [5, 5.41) is 5.45. The molecule has 2 amide bonds. The Kier molecular flexibility index (Phi) is 7.40. The topological polar surface area (TPSA) is 58.2 Å². The number of nitrogens with one attached hydrogen (secondary N) is 2. The molecule has 2 N–H and O–H groups in total. The summed E-state index contributed by atoms with van der Waals surface area (Å²) in [5.41, 5.74) is 1.52. The fourth-order valence-electron chi connectivity index (χ4n) is 1.93. The number of unbranched alkanes of at least 4 members (excludes halogenated alkanes) is 3. The van der Waals surface area contributed by atoms with Crippen LogP contribution in [0.1, 0.15) is 48.5 Å². The maximum atomic E-state index is 11.9. The summed E-state index contributed by atoms with van der Waals surface area (Å²) in [6, 6.07) is 7.33. The summed E-state index contributed by atoms with van der Waals surface area (Å²) < 4.78 is 0. The minimum Gasteiger partial charge on any atom is -0.355 e. The summed E-state index contributed by atoms with van der Waals surface area (Å²) in [5.74, 6) is -0.340. The van der Waals surface area contributed by atoms with Crippen molar-refractivity contribution in [3.05, 3.63) is 35.4 Å². The molecule has 0 heterocycles. The Bertz CT molecular complexity index is 444. The van der Waals surface area contributed by atoms with Crippen molar-refractivity contribution in [2.45, 2.75) is 39.5 Å². The van der Waals surface area contributed by atoms with E-state index in [1.54, 1.807) is 6.07 Å². The third-order valence-corrected chi connectivity index (χ3v) is 3.15. The van der Waals surface area contributed by atoms with Crippen LogP contribution in [-0.2, 0) is 4.79 Å². The molecule has 1 aromatic carbocycles. The molecule has 20 heavy (non-hydrogen) atoms. The van der Waals surface area contributed by atoms with E-state index in [4.69, 9.17) is 0 Å². The van der Waals surface area contributed by atoms with Gasteiger partial charge in [-0.05, 0) is 25.0 Å². The van der Waals surface area contributed by atoms with Crippen molar-refractivity contribution in [1.82, 2.24) is 10.6 Å². The Balaban J connectivity index is 2.24. The average Bonchev–Trinajstić information content (AvgIpc) is 2.45. The normalized spacial score (nSPS) is 10.1. The minimum absolute atomic E-state index is 0.0287. The van der Waals surface area contributed by atoms with E-state index in [1.165, 1.54) is 12.8 Å². The third-order valence-electron chi connectivity index (χ3n) is 3.15. The molecule has 0 aliphatic rings. The van der Waals surface area contributed by atoms with Crippen molar-refractivity contribution in [1.29, 1.82) is 0 Å². The SMILES string of the molecule is CCCCCCNC(=O)CNC(=O)c1ccccc1C. The van der Waals surface area contributed by atoms with Gasteiger partial charge in [-0.25, -0.2) is 0 Å². The second kappa shape index (κ2) is 9.13. The highest BCUT2D eigenvalue weighted by Gasteiger charge is 2.09. The van der Waals surface area contributed by atoms with E-state index in [0.29, 0.717) is 12.1 Å². The number of benzene rings is 1. The molecule has 0 bridgehead atoms. The molecule has 1 aromatic rings. The van der Waals surface area contributed by atoms with Gasteiger partial charge in [-0.15, -0.1) is 0 Å². The highest BCUT2D eigenvalue weighted by atomic mass is 16.2. The van der Waals surface area contributed by atoms with E-state index in [1.807, 2.05) is 25.1 Å². The lowest BCUT2D eigenvalue weighted by Gasteiger charge is -2.08. The zero-order valence-electron chi connectivity index (χ0n) is 12.4. The Morgan fingerprint density at radius 2 is 1.80 bits per heavy atom. The number of amides is 2. The molecule has 0 saturated carbocycles. The summed E-state index contributed by atoms with van der Waals surface area (Å²) >= 11 is 0. The summed E-state index contributed by atoms with van der Waals surface area (Å²) in [4.78, 5) is 23.5. The van der Waals surface area contributed by atoms with Gasteiger partial charge in [0.25, 0.3) is 5.91 Å². The Hall–Kier alpha value is -1.84. The molecule has 4 nitrogen and oxygen atoms in total. The monoisotopic (exact) mass is 276 g/mol. The molecule has 1 rings (SSSR count). The molecule has 0 aliphatic heterocycles. The summed E-state index contributed by atoms with van der Waals surface area (Å²) in [6.45, 7) is 4.74. The van der Waals surface area contributed by atoms with Gasteiger partial charge in [0.1, 0.15) is 0 Å². The smallest absolute Gasteiger partial charge is 0.251 e. The minimum atomic E-state index is -0.204. The molecule has 0 spiro atoms. The van der Waals surface area contributed by atoms with Gasteiger partial charge in [-0.3, -0.25) is 9.59 Å². The largest absolute Gasteiger partial charge is 0.355 e. The van der Waals surface area contributed by atoms with Crippen LogP contribution in [0.4, 0.5) is 0 Å². The number of aryl methyl sites for hydroxylation is 1. The van der Waals surface area contributed by atoms with Gasteiger partial charge in [-0.2, -0.15) is 0 Å². The lowest BCUT2D eigenvalue weighted by Crippen LogP contribution is -2.37. The van der Waals surface area contributed by atoms with Crippen LogP contribution >= 0.6 is 0 Å². The number of carbonyl (C=O) groups is 2. The van der Waals surface area contributed by atoms with E-state index < -0.39 is 0 Å². The molecule has 4 heteroatoms. The molecule has 0 aromatic heterocycles. The van der Waals surface area contributed by atoms with Crippen LogP contribution in [0.2, 0.25) is 0 Å². The van der Waals surface area contributed by atoms with Crippen LogP contribution in [0.25, 0.3) is 0 Å².